The number of terminal acetylenes is 1. The maximum atomic E-state index is 11.0. The Kier molecular flexibility index (Phi) is 3.83. The van der Waals surface area contributed by atoms with Gasteiger partial charge in [-0.05, 0) is 6.92 Å². The normalized spacial score (nSPS) is 17.3. The Morgan fingerprint density at radius 3 is 2.53 bits per heavy atom. The lowest BCUT2D eigenvalue weighted by atomic mass is 10.1. The molecule has 5 nitrogen and oxygen atoms in total. The third-order valence-corrected chi connectivity index (χ3v) is 3.40. The molecule has 0 N–H and O–H groups in total. The number of nitrogens with zero attached hydrogens (tertiary/aromatic N) is 2. The molecular formula is C9H14N2O3S. The van der Waals surface area contributed by atoms with Crippen LogP contribution < -0.4 is 0 Å². The maximum Gasteiger partial charge on any atom is 0.267 e. The molecule has 0 saturated carbocycles. The zero-order valence-electron chi connectivity index (χ0n) is 8.64. The minimum atomic E-state index is -3.36. The van der Waals surface area contributed by atoms with Gasteiger partial charge >= 0.3 is 0 Å². The molecule has 15 heavy (non-hydrogen) atoms. The molecule has 0 spiro atoms. The van der Waals surface area contributed by atoms with Crippen LogP contribution in [0.2, 0.25) is 0 Å². The molecule has 1 heterocycles. The summed E-state index contributed by atoms with van der Waals surface area (Å²) in [5.74, 6) is 2.49. The largest absolute Gasteiger partial charge is 0.270 e. The molecule has 0 aromatic rings. The average molecular weight is 230 g/mol. The summed E-state index contributed by atoms with van der Waals surface area (Å²) >= 11 is 0. The van der Waals surface area contributed by atoms with Gasteiger partial charge < -0.3 is 0 Å². The standard InChI is InChI=1S/C9H14N2O3S/c1-3-5-6-9(10-11-9)7-8-14-15(12,13)4-2/h1H,4-8H2,2H3. The lowest BCUT2D eigenvalue weighted by Gasteiger charge is -2.08. The van der Waals surface area contributed by atoms with Crippen molar-refractivity contribution in [3.8, 4) is 12.3 Å². The van der Waals surface area contributed by atoms with Gasteiger partial charge in [-0.25, -0.2) is 0 Å². The van der Waals surface area contributed by atoms with Crippen molar-refractivity contribution in [3.05, 3.63) is 0 Å². The molecule has 0 saturated heterocycles. The van der Waals surface area contributed by atoms with E-state index in [1.54, 1.807) is 0 Å². The van der Waals surface area contributed by atoms with Crippen molar-refractivity contribution in [2.45, 2.75) is 31.8 Å². The average Bonchev–Trinajstić information content (AvgIpc) is 2.96. The van der Waals surface area contributed by atoms with Crippen LogP contribution in [0.15, 0.2) is 10.2 Å². The zero-order chi connectivity index (χ0) is 11.4. The second-order valence-corrected chi connectivity index (χ2v) is 5.23. The summed E-state index contributed by atoms with van der Waals surface area (Å²) in [6, 6.07) is 0. The second kappa shape index (κ2) is 4.73. The Balaban J connectivity index is 2.24. The lowest BCUT2D eigenvalue weighted by Crippen LogP contribution is -2.17. The Morgan fingerprint density at radius 1 is 1.40 bits per heavy atom. The van der Waals surface area contributed by atoms with E-state index in [1.807, 2.05) is 0 Å². The smallest absolute Gasteiger partial charge is 0.267 e. The molecule has 1 aliphatic heterocycles. The van der Waals surface area contributed by atoms with Gasteiger partial charge in [0.25, 0.3) is 10.1 Å². The first kappa shape index (κ1) is 12.1. The fourth-order valence-electron chi connectivity index (χ4n) is 1.08. The summed E-state index contributed by atoms with van der Waals surface area (Å²) in [6.45, 7) is 1.66. The first-order chi connectivity index (χ1) is 7.04. The van der Waals surface area contributed by atoms with Gasteiger partial charge in [0.1, 0.15) is 0 Å². The molecular weight excluding hydrogens is 216 g/mol. The van der Waals surface area contributed by atoms with Crippen LogP contribution in [0.3, 0.4) is 0 Å². The summed E-state index contributed by atoms with van der Waals surface area (Å²) in [5, 5.41) is 7.74. The quantitative estimate of drug-likeness (QED) is 0.489. The number of hydrogen-bond donors (Lipinski definition) is 0. The molecule has 0 unspecified atom stereocenters. The topological polar surface area (TPSA) is 68.1 Å². The highest BCUT2D eigenvalue weighted by Gasteiger charge is 2.39. The molecule has 0 radical (unpaired) electrons. The third-order valence-electron chi connectivity index (χ3n) is 2.17. The molecule has 1 aliphatic rings. The van der Waals surface area contributed by atoms with Crippen molar-refractivity contribution in [1.82, 2.24) is 0 Å². The number of rotatable bonds is 7. The van der Waals surface area contributed by atoms with Gasteiger partial charge in [0, 0.05) is 19.3 Å². The van der Waals surface area contributed by atoms with Gasteiger partial charge in [0.2, 0.25) is 0 Å². The van der Waals surface area contributed by atoms with Crippen LogP contribution in [0, 0.1) is 12.3 Å². The Hall–Kier alpha value is -0.930. The highest BCUT2D eigenvalue weighted by atomic mass is 32.2. The van der Waals surface area contributed by atoms with E-state index in [1.165, 1.54) is 6.92 Å². The summed E-state index contributed by atoms with van der Waals surface area (Å²) in [7, 11) is -3.36. The minimum absolute atomic E-state index is 0.0152. The van der Waals surface area contributed by atoms with E-state index in [-0.39, 0.29) is 12.4 Å². The molecule has 0 aliphatic carbocycles. The van der Waals surface area contributed by atoms with E-state index in [0.29, 0.717) is 19.3 Å². The second-order valence-electron chi connectivity index (χ2n) is 3.30. The summed E-state index contributed by atoms with van der Waals surface area (Å²) in [6.07, 6.45) is 6.86. The van der Waals surface area contributed by atoms with Crippen LogP contribution in [0.1, 0.15) is 26.2 Å². The van der Waals surface area contributed by atoms with Gasteiger partial charge in [-0.2, -0.15) is 18.6 Å². The van der Waals surface area contributed by atoms with Crippen LogP contribution in [0.25, 0.3) is 0 Å². The van der Waals surface area contributed by atoms with Crippen molar-refractivity contribution in [1.29, 1.82) is 0 Å². The Morgan fingerprint density at radius 2 is 2.07 bits per heavy atom. The van der Waals surface area contributed by atoms with E-state index in [0.717, 1.165) is 0 Å². The summed E-state index contributed by atoms with van der Waals surface area (Å²) in [4.78, 5) is 0. The van der Waals surface area contributed by atoms with Crippen LogP contribution in [0.5, 0.6) is 0 Å². The van der Waals surface area contributed by atoms with E-state index in [2.05, 4.69) is 16.1 Å². The predicted molar refractivity (Wildman–Crippen MR) is 55.7 cm³/mol. The van der Waals surface area contributed by atoms with Crippen LogP contribution >= 0.6 is 0 Å². The van der Waals surface area contributed by atoms with Crippen molar-refractivity contribution in [3.63, 3.8) is 0 Å². The van der Waals surface area contributed by atoms with Gasteiger partial charge in [-0.1, -0.05) is 0 Å². The fourth-order valence-corrected chi connectivity index (χ4v) is 1.59. The molecule has 0 atom stereocenters. The summed E-state index contributed by atoms with van der Waals surface area (Å²) < 4.78 is 26.7. The predicted octanol–water partition coefficient (Wildman–Crippen LogP) is 1.32. The van der Waals surface area contributed by atoms with E-state index >= 15 is 0 Å². The maximum absolute atomic E-state index is 11.0. The molecule has 6 heteroatoms. The number of hydrogen-bond acceptors (Lipinski definition) is 5. The van der Waals surface area contributed by atoms with Gasteiger partial charge in [0.15, 0.2) is 5.66 Å². The summed E-state index contributed by atoms with van der Waals surface area (Å²) in [5.41, 5.74) is -0.463. The van der Waals surface area contributed by atoms with Crippen LogP contribution in [-0.2, 0) is 14.3 Å². The molecule has 0 fully saturated rings. The molecule has 0 amide bonds. The molecule has 84 valence electrons. The highest BCUT2D eigenvalue weighted by molar-refractivity contribution is 7.86. The molecule has 0 aromatic carbocycles. The van der Waals surface area contributed by atoms with Crippen molar-refractivity contribution in [2.75, 3.05) is 12.4 Å². The minimum Gasteiger partial charge on any atom is -0.270 e. The van der Waals surface area contributed by atoms with Gasteiger partial charge in [0.05, 0.1) is 12.4 Å². The SMILES string of the molecule is C#CCCC1(CCOS(=O)(=O)CC)N=N1. The molecule has 0 aromatic heterocycles. The van der Waals surface area contributed by atoms with E-state index in [9.17, 15) is 8.42 Å². The van der Waals surface area contributed by atoms with Gasteiger partial charge in [-0.3, -0.25) is 4.18 Å². The molecule has 0 bridgehead atoms. The van der Waals surface area contributed by atoms with E-state index in [4.69, 9.17) is 10.6 Å². The third kappa shape index (κ3) is 3.98. The first-order valence-electron chi connectivity index (χ1n) is 4.78. The fraction of sp³-hybridized carbons (Fsp3) is 0.778. The van der Waals surface area contributed by atoms with Crippen molar-refractivity contribution < 1.29 is 12.6 Å². The first-order valence-corrected chi connectivity index (χ1v) is 6.36. The van der Waals surface area contributed by atoms with Crippen molar-refractivity contribution in [2.24, 2.45) is 10.2 Å². The van der Waals surface area contributed by atoms with Gasteiger partial charge in [-0.15, -0.1) is 12.3 Å². The monoisotopic (exact) mass is 230 g/mol. The molecule has 1 rings (SSSR count). The Labute approximate surface area is 90.0 Å². The van der Waals surface area contributed by atoms with Crippen molar-refractivity contribution >= 4 is 10.1 Å². The highest BCUT2D eigenvalue weighted by Crippen LogP contribution is 2.36. The van der Waals surface area contributed by atoms with E-state index < -0.39 is 15.8 Å². The lowest BCUT2D eigenvalue weighted by molar-refractivity contribution is 0.287. The Bertz CT molecular complexity index is 375. The zero-order valence-corrected chi connectivity index (χ0v) is 9.46. The van der Waals surface area contributed by atoms with Crippen LogP contribution in [0.4, 0.5) is 0 Å². The van der Waals surface area contributed by atoms with Crippen LogP contribution in [-0.4, -0.2) is 26.4 Å².